The molecule has 5 nitrogen and oxygen atoms in total. The van der Waals surface area contributed by atoms with Crippen molar-refractivity contribution in [1.82, 2.24) is 10.0 Å². The third kappa shape index (κ3) is 5.19. The van der Waals surface area contributed by atoms with Gasteiger partial charge in [0.2, 0.25) is 10.0 Å². The second-order valence-corrected chi connectivity index (χ2v) is 7.18. The van der Waals surface area contributed by atoms with Crippen LogP contribution in [0.25, 0.3) is 0 Å². The summed E-state index contributed by atoms with van der Waals surface area (Å²) in [5.41, 5.74) is 1.01. The molecular weight excluding hydrogens is 284 g/mol. The quantitative estimate of drug-likeness (QED) is 0.678. The van der Waals surface area contributed by atoms with Crippen LogP contribution in [0.2, 0.25) is 0 Å². The van der Waals surface area contributed by atoms with Crippen molar-refractivity contribution in [2.24, 2.45) is 0 Å². The fourth-order valence-corrected chi connectivity index (χ4v) is 4.12. The third-order valence-electron chi connectivity index (χ3n) is 2.54. The van der Waals surface area contributed by atoms with E-state index in [1.165, 1.54) is 11.3 Å². The van der Waals surface area contributed by atoms with Gasteiger partial charge in [-0.15, -0.1) is 11.3 Å². The van der Waals surface area contributed by atoms with Crippen molar-refractivity contribution in [3.63, 3.8) is 0 Å². The fourth-order valence-electron chi connectivity index (χ4n) is 1.50. The first kappa shape index (κ1) is 16.6. The maximum absolute atomic E-state index is 12.1. The zero-order chi connectivity index (χ0) is 14.3. The number of hydrogen-bond donors (Lipinski definition) is 2. The number of rotatable bonds is 9. The Kier molecular flexibility index (Phi) is 6.95. The van der Waals surface area contributed by atoms with Crippen LogP contribution in [0.1, 0.15) is 24.3 Å². The molecule has 0 aliphatic rings. The van der Waals surface area contributed by atoms with Crippen LogP contribution >= 0.6 is 11.3 Å². The monoisotopic (exact) mass is 306 g/mol. The minimum atomic E-state index is -3.41. The van der Waals surface area contributed by atoms with Gasteiger partial charge in [-0.3, -0.25) is 0 Å². The molecule has 0 bridgehead atoms. The van der Waals surface area contributed by atoms with Crippen molar-refractivity contribution in [3.05, 3.63) is 16.5 Å². The van der Waals surface area contributed by atoms with Crippen molar-refractivity contribution in [1.29, 1.82) is 0 Å². The Morgan fingerprint density at radius 1 is 1.37 bits per heavy atom. The minimum Gasteiger partial charge on any atom is -0.380 e. The highest BCUT2D eigenvalue weighted by Gasteiger charge is 2.18. The molecule has 0 fully saturated rings. The lowest BCUT2D eigenvalue weighted by molar-refractivity contribution is 0.153. The molecule has 1 heterocycles. The van der Waals surface area contributed by atoms with Gasteiger partial charge in [-0.1, -0.05) is 6.92 Å². The first-order chi connectivity index (χ1) is 9.01. The fraction of sp³-hybridized carbons (Fsp3) is 0.667. The molecule has 110 valence electrons. The van der Waals surface area contributed by atoms with E-state index in [4.69, 9.17) is 4.74 Å². The first-order valence-corrected chi connectivity index (χ1v) is 8.68. The van der Waals surface area contributed by atoms with Gasteiger partial charge in [0.05, 0.1) is 6.61 Å². The summed E-state index contributed by atoms with van der Waals surface area (Å²) < 4.78 is 32.1. The molecule has 2 N–H and O–H groups in total. The van der Waals surface area contributed by atoms with E-state index in [0.717, 1.165) is 17.0 Å². The van der Waals surface area contributed by atoms with Gasteiger partial charge < -0.3 is 10.1 Å². The molecule has 0 radical (unpaired) electrons. The number of sulfonamides is 1. The molecule has 0 amide bonds. The molecule has 0 aromatic carbocycles. The second kappa shape index (κ2) is 7.96. The maximum atomic E-state index is 12.1. The van der Waals surface area contributed by atoms with Gasteiger partial charge in [-0.2, -0.15) is 0 Å². The molecular formula is C12H22N2O3S2. The highest BCUT2D eigenvalue weighted by molar-refractivity contribution is 7.91. The third-order valence-corrected chi connectivity index (χ3v) is 5.71. The van der Waals surface area contributed by atoms with Crippen LogP contribution in [0.5, 0.6) is 0 Å². The molecule has 0 aliphatic heterocycles. The molecule has 19 heavy (non-hydrogen) atoms. The van der Waals surface area contributed by atoms with Crippen LogP contribution in [0.3, 0.4) is 0 Å². The zero-order valence-electron chi connectivity index (χ0n) is 11.7. The lowest BCUT2D eigenvalue weighted by Crippen LogP contribution is -2.26. The molecule has 0 atom stereocenters. The smallest absolute Gasteiger partial charge is 0.250 e. The van der Waals surface area contributed by atoms with E-state index in [1.54, 1.807) is 6.07 Å². The van der Waals surface area contributed by atoms with E-state index in [1.807, 2.05) is 20.8 Å². The largest absolute Gasteiger partial charge is 0.380 e. The van der Waals surface area contributed by atoms with E-state index in [0.29, 0.717) is 30.5 Å². The normalized spacial score (nSPS) is 11.9. The molecule has 0 unspecified atom stereocenters. The standard InChI is InChI=1S/C12H22N2O3S2/c1-4-13-9-11-10(3)8-12(18-11)19(15,16)14-6-7-17-5-2/h8,13-14H,4-7,9H2,1-3H3. The Bertz CT molecular complexity index is 483. The van der Waals surface area contributed by atoms with Crippen molar-refractivity contribution in [2.45, 2.75) is 31.5 Å². The van der Waals surface area contributed by atoms with Crippen molar-refractivity contribution in [3.8, 4) is 0 Å². The van der Waals surface area contributed by atoms with Gasteiger partial charge in [-0.05, 0) is 32.0 Å². The predicted molar refractivity (Wildman–Crippen MR) is 78.1 cm³/mol. The number of thiophene rings is 1. The lowest BCUT2D eigenvalue weighted by atomic mass is 10.3. The summed E-state index contributed by atoms with van der Waals surface area (Å²) in [6, 6.07) is 1.72. The lowest BCUT2D eigenvalue weighted by Gasteiger charge is -2.04. The summed E-state index contributed by atoms with van der Waals surface area (Å²) in [4.78, 5) is 1.06. The summed E-state index contributed by atoms with van der Waals surface area (Å²) in [6.07, 6.45) is 0. The summed E-state index contributed by atoms with van der Waals surface area (Å²) in [5, 5.41) is 3.21. The Morgan fingerprint density at radius 3 is 2.74 bits per heavy atom. The number of aryl methyl sites for hydroxylation is 1. The van der Waals surface area contributed by atoms with E-state index in [-0.39, 0.29) is 0 Å². The predicted octanol–water partition coefficient (Wildman–Crippen LogP) is 1.48. The highest BCUT2D eigenvalue weighted by Crippen LogP contribution is 2.25. The van der Waals surface area contributed by atoms with Crippen molar-refractivity contribution < 1.29 is 13.2 Å². The Balaban J connectivity index is 2.67. The minimum absolute atomic E-state index is 0.301. The van der Waals surface area contributed by atoms with Crippen LogP contribution < -0.4 is 10.0 Å². The topological polar surface area (TPSA) is 67.4 Å². The van der Waals surface area contributed by atoms with Gasteiger partial charge >= 0.3 is 0 Å². The van der Waals surface area contributed by atoms with E-state index in [2.05, 4.69) is 10.0 Å². The average molecular weight is 306 g/mol. The van der Waals surface area contributed by atoms with Gasteiger partial charge in [0, 0.05) is 24.6 Å². The van der Waals surface area contributed by atoms with E-state index >= 15 is 0 Å². The zero-order valence-corrected chi connectivity index (χ0v) is 13.3. The van der Waals surface area contributed by atoms with Gasteiger partial charge in [-0.25, -0.2) is 13.1 Å². The molecule has 0 saturated heterocycles. The van der Waals surface area contributed by atoms with Gasteiger partial charge in [0.15, 0.2) is 0 Å². The summed E-state index contributed by atoms with van der Waals surface area (Å²) in [5.74, 6) is 0. The highest BCUT2D eigenvalue weighted by atomic mass is 32.2. The average Bonchev–Trinajstić information content (AvgIpc) is 2.74. The number of nitrogens with one attached hydrogen (secondary N) is 2. The molecule has 1 aromatic heterocycles. The van der Waals surface area contributed by atoms with E-state index < -0.39 is 10.0 Å². The number of hydrogen-bond acceptors (Lipinski definition) is 5. The Labute approximate surface area is 119 Å². The molecule has 1 rings (SSSR count). The first-order valence-electron chi connectivity index (χ1n) is 6.38. The van der Waals surface area contributed by atoms with Crippen LogP contribution in [-0.2, 0) is 21.3 Å². The van der Waals surface area contributed by atoms with Crippen LogP contribution in [0.15, 0.2) is 10.3 Å². The number of ether oxygens (including phenoxy) is 1. The Hall–Kier alpha value is -0.470. The summed E-state index contributed by atoms with van der Waals surface area (Å²) >= 11 is 1.32. The van der Waals surface area contributed by atoms with E-state index in [9.17, 15) is 8.42 Å². The molecule has 7 heteroatoms. The van der Waals surface area contributed by atoms with Crippen molar-refractivity contribution in [2.75, 3.05) is 26.3 Å². The van der Waals surface area contributed by atoms with Gasteiger partial charge in [0.25, 0.3) is 0 Å². The molecule has 0 aliphatic carbocycles. The second-order valence-electron chi connectivity index (χ2n) is 4.05. The van der Waals surface area contributed by atoms with Gasteiger partial charge in [0.1, 0.15) is 4.21 Å². The Morgan fingerprint density at radius 2 is 2.11 bits per heavy atom. The molecule has 1 aromatic rings. The van der Waals surface area contributed by atoms with Crippen LogP contribution in [0, 0.1) is 6.92 Å². The summed E-state index contributed by atoms with van der Waals surface area (Å²) in [6.45, 7) is 8.70. The summed E-state index contributed by atoms with van der Waals surface area (Å²) in [7, 11) is -3.41. The maximum Gasteiger partial charge on any atom is 0.250 e. The van der Waals surface area contributed by atoms with Crippen LogP contribution in [-0.4, -0.2) is 34.7 Å². The molecule has 0 spiro atoms. The van der Waals surface area contributed by atoms with Crippen molar-refractivity contribution >= 4 is 21.4 Å². The SMILES string of the molecule is CCNCc1sc(S(=O)(=O)NCCOCC)cc1C. The molecule has 0 saturated carbocycles. The van der Waals surface area contributed by atoms with Crippen LogP contribution in [0.4, 0.5) is 0 Å².